The zero-order chi connectivity index (χ0) is 24.4. The van der Waals surface area contributed by atoms with Crippen molar-refractivity contribution in [2.45, 2.75) is 70.2 Å². The minimum atomic E-state index is -0.993. The average molecular weight is 474 g/mol. The molecule has 2 fully saturated rings. The molecule has 2 aliphatic heterocycles. The molecule has 4 rings (SSSR count). The van der Waals surface area contributed by atoms with Crippen molar-refractivity contribution >= 4 is 6.08 Å². The Morgan fingerprint density at radius 1 is 1.18 bits per heavy atom. The van der Waals surface area contributed by atoms with Gasteiger partial charge in [0.15, 0.2) is 5.76 Å². The van der Waals surface area contributed by atoms with Gasteiger partial charge in [-0.2, -0.15) is 0 Å². The molecule has 34 heavy (non-hydrogen) atoms. The number of nitrogens with zero attached hydrogens (tertiary/aromatic N) is 1. The largest absolute Gasteiger partial charge is 0.497 e. The van der Waals surface area contributed by atoms with Gasteiger partial charge in [-0.1, -0.05) is 12.5 Å². The van der Waals surface area contributed by atoms with E-state index in [0.29, 0.717) is 31.1 Å². The molecule has 0 aliphatic carbocycles. The highest BCUT2D eigenvalue weighted by Crippen LogP contribution is 2.38. The molecular weight excluding hydrogens is 438 g/mol. The summed E-state index contributed by atoms with van der Waals surface area (Å²) in [5.74, 6) is 1.73. The van der Waals surface area contributed by atoms with E-state index in [9.17, 15) is 15.3 Å². The van der Waals surface area contributed by atoms with E-state index in [0.717, 1.165) is 16.9 Å². The molecule has 0 spiro atoms. The summed E-state index contributed by atoms with van der Waals surface area (Å²) in [6, 6.07) is 7.54. The van der Waals surface area contributed by atoms with Crippen LogP contribution < -0.4 is 4.74 Å². The quantitative estimate of drug-likeness (QED) is 0.476. The summed E-state index contributed by atoms with van der Waals surface area (Å²) in [6.07, 6.45) is 1.70. The molecule has 2 aromatic rings. The number of aliphatic hydroxyl groups is 3. The zero-order valence-electron chi connectivity index (χ0n) is 20.1. The lowest BCUT2D eigenvalue weighted by Gasteiger charge is -2.38. The molecular formula is C26H35NO7. The van der Waals surface area contributed by atoms with Crippen LogP contribution in [0.1, 0.15) is 39.5 Å². The van der Waals surface area contributed by atoms with E-state index in [1.54, 1.807) is 20.2 Å². The number of hydrogen-bond donors (Lipinski definition) is 3. The van der Waals surface area contributed by atoms with Gasteiger partial charge in [0.25, 0.3) is 0 Å². The van der Waals surface area contributed by atoms with Crippen LogP contribution in [0.15, 0.2) is 40.5 Å². The molecule has 0 bridgehead atoms. The van der Waals surface area contributed by atoms with Gasteiger partial charge >= 0.3 is 0 Å². The first-order valence-corrected chi connectivity index (χ1v) is 11.9. The molecule has 2 saturated heterocycles. The Morgan fingerprint density at radius 2 is 1.91 bits per heavy atom. The standard InChI is InChI=1S/C26H35NO7/c1-14(10-23-27-12-22(33-23)17-5-7-19(31-4)8-6-17)9-20-25(30)24(29)18(13-32-20)11-21-26(34-21)15(2)16(3)28/h5-8,10,12,15-16,18,20-21,24-26,28-30H,9,11,13H2,1-4H3. The SMILES string of the molecule is COc1ccc(-c2cnc(C=C(C)CC3OCC(CC4OC4C(C)C(C)O)C(O)C3O)o2)cc1. The van der Waals surface area contributed by atoms with E-state index in [-0.39, 0.29) is 24.0 Å². The number of oxazole rings is 1. The Morgan fingerprint density at radius 3 is 2.59 bits per heavy atom. The summed E-state index contributed by atoms with van der Waals surface area (Å²) in [4.78, 5) is 4.33. The number of hydrogen-bond acceptors (Lipinski definition) is 8. The molecule has 0 amide bonds. The van der Waals surface area contributed by atoms with E-state index < -0.39 is 24.4 Å². The highest BCUT2D eigenvalue weighted by molar-refractivity contribution is 5.59. The maximum atomic E-state index is 10.7. The van der Waals surface area contributed by atoms with Crippen molar-refractivity contribution in [3.8, 4) is 17.1 Å². The average Bonchev–Trinajstić information content (AvgIpc) is 3.44. The fraction of sp³-hybridized carbons (Fsp3) is 0.577. The van der Waals surface area contributed by atoms with Gasteiger partial charge in [-0.25, -0.2) is 4.98 Å². The molecule has 1 aromatic heterocycles. The van der Waals surface area contributed by atoms with Crippen LogP contribution in [0, 0.1) is 11.8 Å². The molecule has 8 heteroatoms. The highest BCUT2D eigenvalue weighted by Gasteiger charge is 2.48. The smallest absolute Gasteiger partial charge is 0.219 e. The maximum absolute atomic E-state index is 10.7. The van der Waals surface area contributed by atoms with Gasteiger partial charge in [-0.15, -0.1) is 0 Å². The second-order valence-electron chi connectivity index (χ2n) is 9.57. The number of ether oxygens (including phenoxy) is 3. The lowest BCUT2D eigenvalue weighted by Crippen LogP contribution is -2.50. The van der Waals surface area contributed by atoms with Crippen molar-refractivity contribution in [3.05, 3.63) is 41.9 Å². The van der Waals surface area contributed by atoms with Crippen molar-refractivity contribution in [2.75, 3.05) is 13.7 Å². The lowest BCUT2D eigenvalue weighted by molar-refractivity contribution is -0.165. The Bertz CT molecular complexity index is 970. The topological polar surface area (TPSA) is 118 Å². The van der Waals surface area contributed by atoms with Crippen LogP contribution in [0.25, 0.3) is 17.4 Å². The number of rotatable bonds is 9. The van der Waals surface area contributed by atoms with Gasteiger partial charge in [0.1, 0.15) is 11.9 Å². The minimum Gasteiger partial charge on any atom is -0.497 e. The molecule has 186 valence electrons. The van der Waals surface area contributed by atoms with Crippen LogP contribution in [0.3, 0.4) is 0 Å². The Hall–Kier alpha value is -2.23. The normalized spacial score (nSPS) is 31.2. The Labute approximate surface area is 200 Å². The van der Waals surface area contributed by atoms with Crippen LogP contribution in [0.5, 0.6) is 5.75 Å². The van der Waals surface area contributed by atoms with Crippen molar-refractivity contribution < 1.29 is 33.9 Å². The summed E-state index contributed by atoms with van der Waals surface area (Å²) in [6.45, 7) is 5.99. The zero-order valence-corrected chi connectivity index (χ0v) is 20.1. The van der Waals surface area contributed by atoms with Gasteiger partial charge in [0, 0.05) is 17.4 Å². The van der Waals surface area contributed by atoms with E-state index in [4.69, 9.17) is 18.6 Å². The summed E-state index contributed by atoms with van der Waals surface area (Å²) >= 11 is 0. The van der Waals surface area contributed by atoms with Crippen LogP contribution in [-0.4, -0.2) is 70.6 Å². The van der Waals surface area contributed by atoms with Crippen LogP contribution in [-0.2, 0) is 9.47 Å². The fourth-order valence-electron chi connectivity index (χ4n) is 4.54. The van der Waals surface area contributed by atoms with E-state index >= 15 is 0 Å². The monoisotopic (exact) mass is 473 g/mol. The summed E-state index contributed by atoms with van der Waals surface area (Å²) in [7, 11) is 1.62. The van der Waals surface area contributed by atoms with Crippen LogP contribution in [0.4, 0.5) is 0 Å². The molecule has 3 N–H and O–H groups in total. The van der Waals surface area contributed by atoms with Crippen LogP contribution >= 0.6 is 0 Å². The summed E-state index contributed by atoms with van der Waals surface area (Å²) in [5.41, 5.74) is 1.82. The molecule has 2 aliphatic rings. The van der Waals surface area contributed by atoms with E-state index in [2.05, 4.69) is 4.98 Å². The predicted octanol–water partition coefficient (Wildman–Crippen LogP) is 3.05. The number of epoxide rings is 1. The number of methoxy groups -OCH3 is 1. The molecule has 0 radical (unpaired) electrons. The van der Waals surface area contributed by atoms with Gasteiger partial charge in [0.2, 0.25) is 5.89 Å². The third-order valence-corrected chi connectivity index (χ3v) is 6.97. The first-order chi connectivity index (χ1) is 16.3. The minimum absolute atomic E-state index is 0.00385. The molecule has 3 heterocycles. The number of aromatic nitrogens is 1. The number of benzene rings is 1. The van der Waals surface area contributed by atoms with Gasteiger partial charge in [-0.05, 0) is 57.0 Å². The molecule has 1 aromatic carbocycles. The lowest BCUT2D eigenvalue weighted by atomic mass is 9.85. The predicted molar refractivity (Wildman–Crippen MR) is 126 cm³/mol. The van der Waals surface area contributed by atoms with Crippen molar-refractivity contribution in [1.29, 1.82) is 0 Å². The maximum Gasteiger partial charge on any atom is 0.219 e. The molecule has 8 atom stereocenters. The van der Waals surface area contributed by atoms with Gasteiger partial charge in [0.05, 0.1) is 50.4 Å². The van der Waals surface area contributed by atoms with Crippen LogP contribution in [0.2, 0.25) is 0 Å². The second-order valence-corrected chi connectivity index (χ2v) is 9.57. The van der Waals surface area contributed by atoms with Crippen molar-refractivity contribution in [2.24, 2.45) is 11.8 Å². The van der Waals surface area contributed by atoms with Crippen molar-refractivity contribution in [3.63, 3.8) is 0 Å². The van der Waals surface area contributed by atoms with E-state index in [1.165, 1.54) is 0 Å². The number of aliphatic hydroxyl groups excluding tert-OH is 3. The Kier molecular flexibility index (Phi) is 7.74. The first kappa shape index (κ1) is 24.9. The van der Waals surface area contributed by atoms with Gasteiger partial charge in [-0.3, -0.25) is 0 Å². The van der Waals surface area contributed by atoms with Crippen molar-refractivity contribution in [1.82, 2.24) is 4.98 Å². The molecule has 8 unspecified atom stereocenters. The first-order valence-electron chi connectivity index (χ1n) is 11.9. The third kappa shape index (κ3) is 5.70. The second kappa shape index (κ2) is 10.6. The van der Waals surface area contributed by atoms with Gasteiger partial charge < -0.3 is 33.9 Å². The highest BCUT2D eigenvalue weighted by atomic mass is 16.6. The summed E-state index contributed by atoms with van der Waals surface area (Å²) in [5, 5.41) is 31.1. The third-order valence-electron chi connectivity index (χ3n) is 6.97. The molecule has 0 saturated carbocycles. The molecule has 8 nitrogen and oxygen atoms in total. The summed E-state index contributed by atoms with van der Waals surface area (Å²) < 4.78 is 22.7. The van der Waals surface area contributed by atoms with E-state index in [1.807, 2.05) is 44.2 Å². The fourth-order valence-corrected chi connectivity index (χ4v) is 4.54. The Balaban J connectivity index is 1.30.